The molecule has 0 heterocycles. The Kier molecular flexibility index (Phi) is 3.79. The van der Waals surface area contributed by atoms with Gasteiger partial charge in [-0.3, -0.25) is 4.79 Å². The predicted octanol–water partition coefficient (Wildman–Crippen LogP) is 4.96. The van der Waals surface area contributed by atoms with E-state index in [0.717, 1.165) is 28.9 Å². The maximum absolute atomic E-state index is 10.7. The molecule has 0 aliphatic heterocycles. The summed E-state index contributed by atoms with van der Waals surface area (Å²) < 4.78 is 5.76. The minimum Gasteiger partial charge on any atom is -0.457 e. The zero-order chi connectivity index (χ0) is 14.5. The van der Waals surface area contributed by atoms with Gasteiger partial charge in [-0.15, -0.1) is 0 Å². The van der Waals surface area contributed by atoms with Crippen molar-refractivity contribution in [1.29, 1.82) is 0 Å². The average Bonchev–Trinajstić information content (AvgIpc) is 2.57. The van der Waals surface area contributed by atoms with E-state index in [1.807, 2.05) is 78.9 Å². The molecule has 0 amide bonds. The van der Waals surface area contributed by atoms with Gasteiger partial charge in [-0.2, -0.15) is 0 Å². The van der Waals surface area contributed by atoms with E-state index in [1.54, 1.807) is 0 Å². The second-order valence-corrected chi connectivity index (χ2v) is 4.68. The van der Waals surface area contributed by atoms with Crippen molar-refractivity contribution in [3.05, 3.63) is 84.4 Å². The van der Waals surface area contributed by atoms with Crippen LogP contribution in [0.25, 0.3) is 11.1 Å². The van der Waals surface area contributed by atoms with Crippen molar-refractivity contribution in [3.63, 3.8) is 0 Å². The Morgan fingerprint density at radius 1 is 0.619 bits per heavy atom. The monoisotopic (exact) mass is 274 g/mol. The van der Waals surface area contributed by atoms with Gasteiger partial charge in [-0.05, 0) is 35.4 Å². The first-order valence-corrected chi connectivity index (χ1v) is 6.74. The summed E-state index contributed by atoms with van der Waals surface area (Å²) in [7, 11) is 0. The smallest absolute Gasteiger partial charge is 0.150 e. The fourth-order valence-corrected chi connectivity index (χ4v) is 2.09. The molecular formula is C19H14O2. The summed E-state index contributed by atoms with van der Waals surface area (Å²) in [5.41, 5.74) is 2.85. The van der Waals surface area contributed by atoms with E-state index >= 15 is 0 Å². The minimum atomic E-state index is 0.683. The summed E-state index contributed by atoms with van der Waals surface area (Å²) in [6.07, 6.45) is 0.848. The standard InChI is InChI=1S/C19H14O2/c20-14-15-6-8-16(9-7-15)17-10-12-19(13-11-17)21-18-4-2-1-3-5-18/h1-14H. The van der Waals surface area contributed by atoms with Crippen molar-refractivity contribution in [1.82, 2.24) is 0 Å². The van der Waals surface area contributed by atoms with E-state index in [1.165, 1.54) is 0 Å². The molecule has 0 fully saturated rings. The summed E-state index contributed by atoms with van der Waals surface area (Å²) in [4.78, 5) is 10.7. The second kappa shape index (κ2) is 6.06. The molecule has 0 radical (unpaired) electrons. The van der Waals surface area contributed by atoms with Crippen LogP contribution in [-0.4, -0.2) is 6.29 Å². The fourth-order valence-electron chi connectivity index (χ4n) is 2.09. The van der Waals surface area contributed by atoms with E-state index in [9.17, 15) is 4.79 Å². The third-order valence-electron chi connectivity index (χ3n) is 3.21. The molecule has 0 unspecified atom stereocenters. The van der Waals surface area contributed by atoms with Crippen molar-refractivity contribution < 1.29 is 9.53 Å². The van der Waals surface area contributed by atoms with Gasteiger partial charge in [0.25, 0.3) is 0 Å². The van der Waals surface area contributed by atoms with E-state index in [2.05, 4.69) is 0 Å². The van der Waals surface area contributed by atoms with Crippen molar-refractivity contribution in [3.8, 4) is 22.6 Å². The van der Waals surface area contributed by atoms with Crippen LogP contribution in [0.15, 0.2) is 78.9 Å². The van der Waals surface area contributed by atoms with E-state index < -0.39 is 0 Å². The Morgan fingerprint density at radius 2 is 1.14 bits per heavy atom. The van der Waals surface area contributed by atoms with Crippen LogP contribution < -0.4 is 4.74 Å². The molecule has 2 heteroatoms. The van der Waals surface area contributed by atoms with Crippen molar-refractivity contribution in [2.75, 3.05) is 0 Å². The van der Waals surface area contributed by atoms with Crippen LogP contribution in [-0.2, 0) is 0 Å². The molecule has 0 spiro atoms. The van der Waals surface area contributed by atoms with Gasteiger partial charge in [-0.1, -0.05) is 54.6 Å². The summed E-state index contributed by atoms with van der Waals surface area (Å²) in [5, 5.41) is 0. The van der Waals surface area contributed by atoms with E-state index in [0.29, 0.717) is 5.56 Å². The highest BCUT2D eigenvalue weighted by molar-refractivity contribution is 5.77. The van der Waals surface area contributed by atoms with Gasteiger partial charge in [0.15, 0.2) is 0 Å². The van der Waals surface area contributed by atoms with E-state index in [4.69, 9.17) is 4.74 Å². The predicted molar refractivity (Wildman–Crippen MR) is 83.8 cm³/mol. The summed E-state index contributed by atoms with van der Waals surface area (Å²) in [5.74, 6) is 1.62. The Morgan fingerprint density at radius 3 is 1.71 bits per heavy atom. The van der Waals surface area contributed by atoms with Crippen LogP contribution in [0, 0.1) is 0 Å². The first-order chi connectivity index (χ1) is 10.3. The topological polar surface area (TPSA) is 26.3 Å². The summed E-state index contributed by atoms with van der Waals surface area (Å²) in [6.45, 7) is 0. The molecule has 21 heavy (non-hydrogen) atoms. The van der Waals surface area contributed by atoms with Crippen molar-refractivity contribution in [2.24, 2.45) is 0 Å². The zero-order valence-electron chi connectivity index (χ0n) is 11.4. The van der Waals surface area contributed by atoms with Gasteiger partial charge < -0.3 is 4.74 Å². The number of ether oxygens (including phenoxy) is 1. The van der Waals surface area contributed by atoms with Crippen molar-refractivity contribution >= 4 is 6.29 Å². The number of carbonyl (C=O) groups is 1. The second-order valence-electron chi connectivity index (χ2n) is 4.68. The normalized spacial score (nSPS) is 10.1. The Bertz CT molecular complexity index is 714. The third kappa shape index (κ3) is 3.18. The number of para-hydroxylation sites is 1. The lowest BCUT2D eigenvalue weighted by Gasteiger charge is -2.07. The van der Waals surface area contributed by atoms with Gasteiger partial charge in [0, 0.05) is 5.56 Å². The quantitative estimate of drug-likeness (QED) is 0.629. The third-order valence-corrected chi connectivity index (χ3v) is 3.21. The maximum atomic E-state index is 10.7. The number of hydrogen-bond acceptors (Lipinski definition) is 2. The maximum Gasteiger partial charge on any atom is 0.150 e. The molecule has 0 aliphatic rings. The molecule has 0 bridgehead atoms. The lowest BCUT2D eigenvalue weighted by Crippen LogP contribution is -1.84. The van der Waals surface area contributed by atoms with Crippen LogP contribution in [0.4, 0.5) is 0 Å². The number of rotatable bonds is 4. The van der Waals surface area contributed by atoms with Crippen molar-refractivity contribution in [2.45, 2.75) is 0 Å². The molecule has 0 atom stereocenters. The highest BCUT2D eigenvalue weighted by Crippen LogP contribution is 2.25. The van der Waals surface area contributed by atoms with Crippen LogP contribution in [0.2, 0.25) is 0 Å². The van der Waals surface area contributed by atoms with Gasteiger partial charge in [0.2, 0.25) is 0 Å². The number of hydrogen-bond donors (Lipinski definition) is 0. The number of carbonyl (C=O) groups excluding carboxylic acids is 1. The lowest BCUT2D eigenvalue weighted by molar-refractivity contribution is 0.112. The lowest BCUT2D eigenvalue weighted by atomic mass is 10.0. The Labute approximate surface area is 123 Å². The van der Waals surface area contributed by atoms with Crippen LogP contribution in [0.1, 0.15) is 10.4 Å². The van der Waals surface area contributed by atoms with Crippen LogP contribution in [0.3, 0.4) is 0 Å². The van der Waals surface area contributed by atoms with Gasteiger partial charge in [0.05, 0.1) is 0 Å². The first-order valence-electron chi connectivity index (χ1n) is 6.74. The molecule has 0 aliphatic carbocycles. The van der Waals surface area contributed by atoms with Gasteiger partial charge >= 0.3 is 0 Å². The Hall–Kier alpha value is -2.87. The molecule has 0 saturated heterocycles. The Balaban J connectivity index is 1.78. The molecular weight excluding hydrogens is 260 g/mol. The molecule has 3 rings (SSSR count). The zero-order valence-corrected chi connectivity index (χ0v) is 11.4. The first kappa shape index (κ1) is 13.1. The fraction of sp³-hybridized carbons (Fsp3) is 0. The van der Waals surface area contributed by atoms with Gasteiger partial charge in [0.1, 0.15) is 17.8 Å². The van der Waals surface area contributed by atoms with E-state index in [-0.39, 0.29) is 0 Å². The highest BCUT2D eigenvalue weighted by atomic mass is 16.5. The summed E-state index contributed by atoms with van der Waals surface area (Å²) >= 11 is 0. The molecule has 3 aromatic carbocycles. The molecule has 2 nitrogen and oxygen atoms in total. The highest BCUT2D eigenvalue weighted by Gasteiger charge is 2.00. The largest absolute Gasteiger partial charge is 0.457 e. The molecule has 3 aromatic rings. The van der Waals surface area contributed by atoms with Crippen LogP contribution >= 0.6 is 0 Å². The van der Waals surface area contributed by atoms with Gasteiger partial charge in [-0.25, -0.2) is 0 Å². The minimum absolute atomic E-state index is 0.683. The molecule has 0 aromatic heterocycles. The molecule has 0 N–H and O–H groups in total. The van der Waals surface area contributed by atoms with Crippen LogP contribution in [0.5, 0.6) is 11.5 Å². The number of aldehydes is 1. The number of benzene rings is 3. The molecule has 0 saturated carbocycles. The molecule has 102 valence electrons. The SMILES string of the molecule is O=Cc1ccc(-c2ccc(Oc3ccccc3)cc2)cc1. The summed E-state index contributed by atoms with van der Waals surface area (Å²) in [6, 6.07) is 25.1. The average molecular weight is 274 g/mol.